The molecule has 0 bridgehead atoms. The van der Waals surface area contributed by atoms with Gasteiger partial charge in [0.05, 0.1) is 6.61 Å². The van der Waals surface area contributed by atoms with Crippen LogP contribution in [0.25, 0.3) is 0 Å². The van der Waals surface area contributed by atoms with E-state index in [9.17, 15) is 0 Å². The molecular weight excluding hydrogens is 247 g/mol. The normalized spacial score (nSPS) is 15.9. The predicted octanol–water partition coefficient (Wildman–Crippen LogP) is 1.42. The Bertz CT molecular complexity index is 350. The van der Waals surface area contributed by atoms with Crippen molar-refractivity contribution in [1.29, 1.82) is 0 Å². The van der Waals surface area contributed by atoms with Crippen LogP contribution >= 0.6 is 11.8 Å². The third kappa shape index (κ3) is 4.23. The summed E-state index contributed by atoms with van der Waals surface area (Å²) in [6.45, 7) is 0.711. The van der Waals surface area contributed by atoms with Crippen LogP contribution in [0.4, 0.5) is 0 Å². The highest BCUT2D eigenvalue weighted by Crippen LogP contribution is 2.29. The van der Waals surface area contributed by atoms with Gasteiger partial charge in [-0.25, -0.2) is 0 Å². The lowest BCUT2D eigenvalue weighted by molar-refractivity contribution is 0.344. The van der Waals surface area contributed by atoms with Crippen LogP contribution in [0.5, 0.6) is 5.75 Å². The third-order valence-corrected chi connectivity index (χ3v) is 4.53. The molecule has 5 heteroatoms. The molecule has 1 aliphatic carbocycles. The van der Waals surface area contributed by atoms with Crippen LogP contribution < -0.4 is 10.2 Å². The zero-order valence-electron chi connectivity index (χ0n) is 10.4. The second kappa shape index (κ2) is 7.07. The molecule has 3 nitrogen and oxygen atoms in total. The van der Waals surface area contributed by atoms with E-state index in [1.54, 1.807) is 24.3 Å². The van der Waals surface area contributed by atoms with E-state index in [0.717, 1.165) is 16.8 Å². The molecule has 1 aromatic rings. The number of ether oxygens (including phenoxy) is 1. The number of thioether (sulfide) groups is 1. The van der Waals surface area contributed by atoms with E-state index in [1.165, 1.54) is 25.7 Å². The molecular formula is C13H19BO3S. The molecule has 1 fully saturated rings. The van der Waals surface area contributed by atoms with Crippen molar-refractivity contribution in [3.63, 3.8) is 0 Å². The first kappa shape index (κ1) is 13.8. The molecule has 0 saturated heterocycles. The van der Waals surface area contributed by atoms with E-state index in [0.29, 0.717) is 12.1 Å². The van der Waals surface area contributed by atoms with Crippen molar-refractivity contribution in [2.75, 3.05) is 12.4 Å². The van der Waals surface area contributed by atoms with E-state index in [2.05, 4.69) is 0 Å². The Hall–Kier alpha value is -0.645. The molecule has 0 aliphatic heterocycles. The van der Waals surface area contributed by atoms with Crippen LogP contribution in [0, 0.1) is 0 Å². The fourth-order valence-electron chi connectivity index (χ4n) is 2.17. The van der Waals surface area contributed by atoms with Gasteiger partial charge in [-0.3, -0.25) is 0 Å². The van der Waals surface area contributed by atoms with Gasteiger partial charge in [0, 0.05) is 11.0 Å². The molecule has 1 aliphatic rings. The molecule has 2 N–H and O–H groups in total. The summed E-state index contributed by atoms with van der Waals surface area (Å²) in [6, 6.07) is 6.89. The third-order valence-electron chi connectivity index (χ3n) is 3.19. The van der Waals surface area contributed by atoms with Crippen molar-refractivity contribution in [2.24, 2.45) is 0 Å². The van der Waals surface area contributed by atoms with Gasteiger partial charge in [0.1, 0.15) is 5.75 Å². The van der Waals surface area contributed by atoms with Crippen molar-refractivity contribution >= 4 is 24.3 Å². The van der Waals surface area contributed by atoms with Crippen molar-refractivity contribution in [3.05, 3.63) is 24.3 Å². The van der Waals surface area contributed by atoms with Crippen molar-refractivity contribution in [1.82, 2.24) is 0 Å². The lowest BCUT2D eigenvalue weighted by Gasteiger charge is -2.10. The maximum atomic E-state index is 8.96. The van der Waals surface area contributed by atoms with Crippen LogP contribution in [-0.2, 0) is 0 Å². The minimum atomic E-state index is -1.41. The smallest absolute Gasteiger partial charge is 0.488 e. The Morgan fingerprint density at radius 1 is 1.17 bits per heavy atom. The van der Waals surface area contributed by atoms with E-state index >= 15 is 0 Å². The minimum absolute atomic E-state index is 0.489. The Labute approximate surface area is 113 Å². The van der Waals surface area contributed by atoms with Crippen molar-refractivity contribution < 1.29 is 14.8 Å². The van der Waals surface area contributed by atoms with E-state index in [1.807, 2.05) is 11.8 Å². The Kier molecular flexibility index (Phi) is 5.41. The van der Waals surface area contributed by atoms with E-state index < -0.39 is 7.12 Å². The molecule has 1 saturated carbocycles. The van der Waals surface area contributed by atoms with Gasteiger partial charge in [0.15, 0.2) is 0 Å². The van der Waals surface area contributed by atoms with Crippen LogP contribution in [0.15, 0.2) is 24.3 Å². The molecule has 0 atom stereocenters. The van der Waals surface area contributed by atoms with Gasteiger partial charge in [-0.2, -0.15) is 11.8 Å². The average molecular weight is 266 g/mol. The first-order chi connectivity index (χ1) is 8.75. The molecule has 18 heavy (non-hydrogen) atoms. The van der Waals surface area contributed by atoms with Gasteiger partial charge in [-0.1, -0.05) is 25.0 Å². The van der Waals surface area contributed by atoms with Gasteiger partial charge >= 0.3 is 7.12 Å². The fraction of sp³-hybridized carbons (Fsp3) is 0.538. The number of rotatable bonds is 6. The monoisotopic (exact) mass is 266 g/mol. The highest BCUT2D eigenvalue weighted by Gasteiger charge is 2.14. The molecule has 2 rings (SSSR count). The van der Waals surface area contributed by atoms with Crippen LogP contribution in [0.3, 0.4) is 0 Å². The SMILES string of the molecule is OB(O)c1ccc(OCCSC2CCCC2)cc1. The van der Waals surface area contributed by atoms with Gasteiger partial charge in [-0.15, -0.1) is 0 Å². The largest absolute Gasteiger partial charge is 0.493 e. The lowest BCUT2D eigenvalue weighted by atomic mass is 9.80. The molecule has 98 valence electrons. The van der Waals surface area contributed by atoms with Crippen molar-refractivity contribution in [2.45, 2.75) is 30.9 Å². The molecule has 0 amide bonds. The summed E-state index contributed by atoms with van der Waals surface area (Å²) in [7, 11) is -1.41. The van der Waals surface area contributed by atoms with Gasteiger partial charge in [0.2, 0.25) is 0 Å². The highest BCUT2D eigenvalue weighted by atomic mass is 32.2. The quantitative estimate of drug-likeness (QED) is 0.604. The molecule has 0 unspecified atom stereocenters. The van der Waals surface area contributed by atoms with Crippen LogP contribution in [0.2, 0.25) is 0 Å². The Morgan fingerprint density at radius 2 is 1.83 bits per heavy atom. The summed E-state index contributed by atoms with van der Waals surface area (Å²) in [5.74, 6) is 1.81. The summed E-state index contributed by atoms with van der Waals surface area (Å²) >= 11 is 2.01. The molecule has 0 aromatic heterocycles. The number of hydrogen-bond donors (Lipinski definition) is 2. The average Bonchev–Trinajstić information content (AvgIpc) is 2.88. The number of benzene rings is 1. The predicted molar refractivity (Wildman–Crippen MR) is 76.5 cm³/mol. The van der Waals surface area contributed by atoms with Crippen molar-refractivity contribution in [3.8, 4) is 5.75 Å². The standard InChI is InChI=1S/C13H19BO3S/c15-14(16)11-5-7-12(8-6-11)17-9-10-18-13-3-1-2-4-13/h5-8,13,15-16H,1-4,9-10H2. The summed E-state index contributed by atoms with van der Waals surface area (Å²) in [4.78, 5) is 0. The second-order valence-electron chi connectivity index (χ2n) is 4.57. The molecule has 0 heterocycles. The van der Waals surface area contributed by atoms with Crippen LogP contribution in [-0.4, -0.2) is 34.8 Å². The molecule has 1 aromatic carbocycles. The van der Waals surface area contributed by atoms with Gasteiger partial charge < -0.3 is 14.8 Å². The summed E-state index contributed by atoms with van der Waals surface area (Å²) in [6.07, 6.45) is 5.47. The Morgan fingerprint density at radius 3 is 2.44 bits per heavy atom. The van der Waals surface area contributed by atoms with E-state index in [-0.39, 0.29) is 0 Å². The zero-order chi connectivity index (χ0) is 12.8. The van der Waals surface area contributed by atoms with Gasteiger partial charge in [-0.05, 0) is 30.4 Å². The molecule has 0 radical (unpaired) electrons. The second-order valence-corrected chi connectivity index (χ2v) is 5.98. The summed E-state index contributed by atoms with van der Waals surface area (Å²) < 4.78 is 5.62. The minimum Gasteiger partial charge on any atom is -0.493 e. The first-order valence-electron chi connectivity index (χ1n) is 6.46. The van der Waals surface area contributed by atoms with Gasteiger partial charge in [0.25, 0.3) is 0 Å². The summed E-state index contributed by atoms with van der Waals surface area (Å²) in [5.41, 5.74) is 0.489. The topological polar surface area (TPSA) is 49.7 Å². The fourth-order valence-corrected chi connectivity index (χ4v) is 3.35. The maximum absolute atomic E-state index is 8.96. The number of hydrogen-bond acceptors (Lipinski definition) is 4. The zero-order valence-corrected chi connectivity index (χ0v) is 11.2. The summed E-state index contributed by atoms with van der Waals surface area (Å²) in [5, 5.41) is 18.8. The van der Waals surface area contributed by atoms with E-state index in [4.69, 9.17) is 14.8 Å². The first-order valence-corrected chi connectivity index (χ1v) is 7.51. The Balaban J connectivity index is 1.66. The van der Waals surface area contributed by atoms with Crippen LogP contribution in [0.1, 0.15) is 25.7 Å². The lowest BCUT2D eigenvalue weighted by Crippen LogP contribution is -2.29. The maximum Gasteiger partial charge on any atom is 0.488 e. The molecule has 0 spiro atoms. The highest BCUT2D eigenvalue weighted by molar-refractivity contribution is 7.99.